The predicted molar refractivity (Wildman–Crippen MR) is 76.3 cm³/mol. The summed E-state index contributed by atoms with van der Waals surface area (Å²) in [6.07, 6.45) is 0.824. The molecule has 2 heteroatoms. The molecule has 0 aliphatic rings. The number of aryl methyl sites for hydroxylation is 1. The molecule has 0 N–H and O–H groups in total. The molecule has 0 spiro atoms. The van der Waals surface area contributed by atoms with E-state index in [0.29, 0.717) is 5.88 Å². The Morgan fingerprint density at radius 2 is 1.67 bits per heavy atom. The predicted octanol–water partition coefficient (Wildman–Crippen LogP) is 4.74. The first-order valence-corrected chi connectivity index (χ1v) is 6.67. The molecule has 0 saturated heterocycles. The van der Waals surface area contributed by atoms with Crippen molar-refractivity contribution in [3.05, 3.63) is 65.7 Å². The second-order valence-corrected chi connectivity index (χ2v) is 4.69. The van der Waals surface area contributed by atoms with Gasteiger partial charge in [-0.2, -0.15) is 0 Å². The van der Waals surface area contributed by atoms with Crippen molar-refractivity contribution in [3.8, 4) is 5.75 Å². The number of ether oxygens (including phenoxy) is 1. The van der Waals surface area contributed by atoms with E-state index in [4.69, 9.17) is 16.3 Å². The zero-order valence-corrected chi connectivity index (χ0v) is 11.2. The van der Waals surface area contributed by atoms with Crippen LogP contribution in [0.1, 0.15) is 23.7 Å². The van der Waals surface area contributed by atoms with E-state index < -0.39 is 0 Å². The lowest BCUT2D eigenvalue weighted by molar-refractivity contribution is 0.202. The number of para-hydroxylation sites is 1. The van der Waals surface area contributed by atoms with Gasteiger partial charge in [0, 0.05) is 12.3 Å². The zero-order chi connectivity index (χ0) is 12.8. The minimum Gasteiger partial charge on any atom is -0.486 e. The van der Waals surface area contributed by atoms with Gasteiger partial charge in [0.1, 0.15) is 11.9 Å². The van der Waals surface area contributed by atoms with Crippen molar-refractivity contribution in [2.75, 3.05) is 5.88 Å². The number of rotatable bonds is 5. The van der Waals surface area contributed by atoms with Gasteiger partial charge < -0.3 is 4.74 Å². The first-order chi connectivity index (χ1) is 8.79. The van der Waals surface area contributed by atoms with Gasteiger partial charge in [0.15, 0.2) is 0 Å². The van der Waals surface area contributed by atoms with E-state index in [-0.39, 0.29) is 6.10 Å². The third-order valence-corrected chi connectivity index (χ3v) is 3.06. The van der Waals surface area contributed by atoms with Gasteiger partial charge in [0.2, 0.25) is 0 Å². The van der Waals surface area contributed by atoms with Crippen molar-refractivity contribution < 1.29 is 4.74 Å². The third-order valence-electron chi connectivity index (χ3n) is 2.84. The maximum atomic E-state index is 6.00. The number of hydrogen-bond acceptors (Lipinski definition) is 1. The molecule has 0 amide bonds. The van der Waals surface area contributed by atoms with Gasteiger partial charge in [0.25, 0.3) is 0 Å². The summed E-state index contributed by atoms with van der Waals surface area (Å²) in [7, 11) is 0. The van der Waals surface area contributed by atoms with E-state index in [2.05, 4.69) is 31.2 Å². The van der Waals surface area contributed by atoms with E-state index in [1.165, 1.54) is 11.1 Å². The van der Waals surface area contributed by atoms with Crippen LogP contribution in [0.25, 0.3) is 0 Å². The molecule has 2 aromatic carbocycles. The summed E-state index contributed by atoms with van der Waals surface area (Å²) in [5, 5.41) is 0. The van der Waals surface area contributed by atoms with Gasteiger partial charge in [-0.05, 0) is 24.6 Å². The molecule has 2 rings (SSSR count). The molecule has 0 aliphatic carbocycles. The monoisotopic (exact) mass is 260 g/mol. The quantitative estimate of drug-likeness (QED) is 0.706. The minimum atomic E-state index is 0.0190. The van der Waals surface area contributed by atoms with Gasteiger partial charge in [-0.25, -0.2) is 0 Å². The van der Waals surface area contributed by atoms with Gasteiger partial charge in [-0.3, -0.25) is 0 Å². The molecule has 1 unspecified atom stereocenters. The van der Waals surface area contributed by atoms with E-state index in [9.17, 15) is 0 Å². The van der Waals surface area contributed by atoms with Crippen LogP contribution in [0.4, 0.5) is 0 Å². The highest BCUT2D eigenvalue weighted by Gasteiger charge is 2.12. The Kier molecular flexibility index (Phi) is 4.66. The standard InChI is InChI=1S/C16H17ClO/c1-13-7-9-14(10-8-13)16(11-12-17)18-15-5-3-2-4-6-15/h2-10,16H,11-12H2,1H3. The second-order valence-electron chi connectivity index (χ2n) is 4.31. The van der Waals surface area contributed by atoms with Crippen LogP contribution in [-0.4, -0.2) is 5.88 Å². The van der Waals surface area contributed by atoms with Crippen molar-refractivity contribution in [1.82, 2.24) is 0 Å². The van der Waals surface area contributed by atoms with E-state index in [1.54, 1.807) is 0 Å². The first-order valence-electron chi connectivity index (χ1n) is 6.14. The SMILES string of the molecule is Cc1ccc(C(CCCl)Oc2ccccc2)cc1. The maximum absolute atomic E-state index is 6.00. The van der Waals surface area contributed by atoms with Gasteiger partial charge in [0.05, 0.1) is 0 Å². The molecule has 0 heterocycles. The summed E-state index contributed by atoms with van der Waals surface area (Å²) in [5.74, 6) is 1.47. The average molecular weight is 261 g/mol. The fourth-order valence-corrected chi connectivity index (χ4v) is 2.04. The highest BCUT2D eigenvalue weighted by molar-refractivity contribution is 6.17. The minimum absolute atomic E-state index is 0.0190. The fourth-order valence-electron chi connectivity index (χ4n) is 1.84. The normalized spacial score (nSPS) is 12.1. The summed E-state index contributed by atoms with van der Waals surface area (Å²) in [6, 6.07) is 18.3. The van der Waals surface area contributed by atoms with E-state index >= 15 is 0 Å². The number of alkyl halides is 1. The highest BCUT2D eigenvalue weighted by atomic mass is 35.5. The lowest BCUT2D eigenvalue weighted by Crippen LogP contribution is -2.08. The van der Waals surface area contributed by atoms with Gasteiger partial charge in [-0.15, -0.1) is 11.6 Å². The van der Waals surface area contributed by atoms with Crippen molar-refractivity contribution in [1.29, 1.82) is 0 Å². The lowest BCUT2D eigenvalue weighted by atomic mass is 10.1. The molecule has 1 nitrogen and oxygen atoms in total. The van der Waals surface area contributed by atoms with Crippen molar-refractivity contribution in [3.63, 3.8) is 0 Å². The van der Waals surface area contributed by atoms with Crippen LogP contribution < -0.4 is 4.74 Å². The zero-order valence-electron chi connectivity index (χ0n) is 10.5. The van der Waals surface area contributed by atoms with Crippen LogP contribution in [0, 0.1) is 6.92 Å². The summed E-state index contributed by atoms with van der Waals surface area (Å²) >= 11 is 5.86. The maximum Gasteiger partial charge on any atom is 0.125 e. The number of hydrogen-bond donors (Lipinski definition) is 0. The fraction of sp³-hybridized carbons (Fsp3) is 0.250. The van der Waals surface area contributed by atoms with Gasteiger partial charge in [-0.1, -0.05) is 48.0 Å². The molecule has 0 bridgehead atoms. The Morgan fingerprint density at radius 1 is 1.00 bits per heavy atom. The summed E-state index contributed by atoms with van der Waals surface area (Å²) in [5.41, 5.74) is 2.42. The molecule has 0 radical (unpaired) electrons. The summed E-state index contributed by atoms with van der Waals surface area (Å²) < 4.78 is 6.00. The van der Waals surface area contributed by atoms with E-state index in [0.717, 1.165) is 12.2 Å². The summed E-state index contributed by atoms with van der Waals surface area (Å²) in [6.45, 7) is 2.08. The second kappa shape index (κ2) is 6.46. The smallest absolute Gasteiger partial charge is 0.125 e. The van der Waals surface area contributed by atoms with Crippen LogP contribution in [-0.2, 0) is 0 Å². The van der Waals surface area contributed by atoms with Crippen molar-refractivity contribution in [2.24, 2.45) is 0 Å². The van der Waals surface area contributed by atoms with Crippen LogP contribution in [0.3, 0.4) is 0 Å². The molecular weight excluding hydrogens is 244 g/mol. The van der Waals surface area contributed by atoms with Crippen LogP contribution >= 0.6 is 11.6 Å². The molecule has 94 valence electrons. The van der Waals surface area contributed by atoms with Crippen LogP contribution in [0.15, 0.2) is 54.6 Å². The Bertz CT molecular complexity index is 464. The van der Waals surface area contributed by atoms with Crippen molar-refractivity contribution in [2.45, 2.75) is 19.4 Å². The third kappa shape index (κ3) is 3.51. The van der Waals surface area contributed by atoms with Crippen LogP contribution in [0.5, 0.6) is 5.75 Å². The Morgan fingerprint density at radius 3 is 2.28 bits per heavy atom. The Balaban J connectivity index is 2.15. The van der Waals surface area contributed by atoms with Crippen LogP contribution in [0.2, 0.25) is 0 Å². The molecule has 2 aromatic rings. The van der Waals surface area contributed by atoms with Crippen molar-refractivity contribution >= 4 is 11.6 Å². The highest BCUT2D eigenvalue weighted by Crippen LogP contribution is 2.25. The topological polar surface area (TPSA) is 9.23 Å². The van der Waals surface area contributed by atoms with E-state index in [1.807, 2.05) is 30.3 Å². The number of halogens is 1. The molecule has 0 saturated carbocycles. The largest absolute Gasteiger partial charge is 0.486 e. The average Bonchev–Trinajstić information content (AvgIpc) is 2.40. The molecular formula is C16H17ClO. The molecule has 0 aromatic heterocycles. The first kappa shape index (κ1) is 13.0. The lowest BCUT2D eigenvalue weighted by Gasteiger charge is -2.18. The molecule has 0 fully saturated rings. The molecule has 18 heavy (non-hydrogen) atoms. The molecule has 1 atom stereocenters. The number of benzene rings is 2. The Hall–Kier alpha value is -1.47. The Labute approximate surface area is 113 Å². The summed E-state index contributed by atoms with van der Waals surface area (Å²) in [4.78, 5) is 0. The van der Waals surface area contributed by atoms with Gasteiger partial charge >= 0.3 is 0 Å². The molecule has 0 aliphatic heterocycles.